The van der Waals surface area contributed by atoms with Gasteiger partial charge >= 0.3 is 5.97 Å². The number of hydrogen-bond acceptors (Lipinski definition) is 8. The normalized spacial score (nSPS) is 32.2. The third kappa shape index (κ3) is 3.53. The van der Waals surface area contributed by atoms with E-state index in [1.165, 1.54) is 0 Å². The number of aromatic nitrogens is 3. The number of nitrogens with zero attached hydrogens (tertiary/aromatic N) is 3. The summed E-state index contributed by atoms with van der Waals surface area (Å²) in [5.74, 6) is 1.26. The Kier molecular flexibility index (Phi) is 4.20. The molecule has 2 unspecified atom stereocenters. The Labute approximate surface area is 168 Å². The van der Waals surface area contributed by atoms with Gasteiger partial charge in [-0.3, -0.25) is 4.79 Å². The van der Waals surface area contributed by atoms with Gasteiger partial charge in [-0.15, -0.1) is 0 Å². The molecule has 1 heterocycles. The number of esters is 1. The molecule has 4 bridgehead atoms. The zero-order valence-corrected chi connectivity index (χ0v) is 16.2. The van der Waals surface area contributed by atoms with Gasteiger partial charge in [-0.1, -0.05) is 18.2 Å². The van der Waals surface area contributed by atoms with Gasteiger partial charge < -0.3 is 20.9 Å². The van der Waals surface area contributed by atoms with E-state index in [1.54, 1.807) is 0 Å². The van der Waals surface area contributed by atoms with Gasteiger partial charge in [0, 0.05) is 5.69 Å². The molecule has 4 aliphatic carbocycles. The maximum Gasteiger partial charge on any atom is 0.312 e. The van der Waals surface area contributed by atoms with E-state index in [4.69, 9.17) is 10.5 Å². The smallest absolute Gasteiger partial charge is 0.312 e. The first-order chi connectivity index (χ1) is 13.9. The van der Waals surface area contributed by atoms with Crippen LogP contribution in [-0.2, 0) is 16.1 Å². The van der Waals surface area contributed by atoms with Crippen molar-refractivity contribution >= 4 is 23.6 Å². The molecular formula is C21H25N5O3. The minimum atomic E-state index is -0.701. The van der Waals surface area contributed by atoms with Crippen molar-refractivity contribution in [1.29, 1.82) is 0 Å². The summed E-state index contributed by atoms with van der Waals surface area (Å²) in [5, 5.41) is 13.9. The molecule has 152 valence electrons. The predicted molar refractivity (Wildman–Crippen MR) is 106 cm³/mol. The molecule has 8 nitrogen and oxygen atoms in total. The molecular weight excluding hydrogens is 370 g/mol. The number of benzene rings is 1. The summed E-state index contributed by atoms with van der Waals surface area (Å²) in [6.45, 7) is -0.0649. The highest BCUT2D eigenvalue weighted by Gasteiger charge is 2.60. The SMILES string of the molecule is Nc1nc(COC(=O)C23CC4CC(CC(O)(C4)C2)C3)nc(Nc2ccccc2)n1. The summed E-state index contributed by atoms with van der Waals surface area (Å²) in [7, 11) is 0. The van der Waals surface area contributed by atoms with Crippen LogP contribution in [0.5, 0.6) is 0 Å². The number of anilines is 3. The number of nitrogens with two attached hydrogens (primary N) is 1. The predicted octanol–water partition coefficient (Wildman–Crippen LogP) is 2.57. The van der Waals surface area contributed by atoms with Crippen LogP contribution in [-0.4, -0.2) is 31.6 Å². The number of hydrogen-bond donors (Lipinski definition) is 3. The molecule has 4 aliphatic rings. The summed E-state index contributed by atoms with van der Waals surface area (Å²) in [4.78, 5) is 25.5. The molecule has 1 aromatic carbocycles. The Morgan fingerprint density at radius 1 is 1.14 bits per heavy atom. The molecule has 4 saturated carbocycles. The lowest BCUT2D eigenvalue weighted by atomic mass is 9.48. The Hall–Kier alpha value is -2.74. The Morgan fingerprint density at radius 2 is 1.86 bits per heavy atom. The zero-order chi connectivity index (χ0) is 20.1. The fraction of sp³-hybridized carbons (Fsp3) is 0.524. The van der Waals surface area contributed by atoms with E-state index in [0.29, 0.717) is 30.0 Å². The van der Waals surface area contributed by atoms with Crippen LogP contribution in [0.4, 0.5) is 17.6 Å². The van der Waals surface area contributed by atoms with Crippen molar-refractivity contribution in [1.82, 2.24) is 15.0 Å². The van der Waals surface area contributed by atoms with Crippen LogP contribution in [0.25, 0.3) is 0 Å². The van der Waals surface area contributed by atoms with Crippen LogP contribution >= 0.6 is 0 Å². The number of ether oxygens (including phenoxy) is 1. The van der Waals surface area contributed by atoms with Crippen LogP contribution < -0.4 is 11.1 Å². The van der Waals surface area contributed by atoms with E-state index in [9.17, 15) is 9.90 Å². The number of carbonyl (C=O) groups excluding carboxylic acids is 1. The molecule has 6 rings (SSSR count). The van der Waals surface area contributed by atoms with Crippen molar-refractivity contribution in [2.75, 3.05) is 11.1 Å². The van der Waals surface area contributed by atoms with Crippen LogP contribution in [0.1, 0.15) is 44.3 Å². The first-order valence-electron chi connectivity index (χ1n) is 10.1. The topological polar surface area (TPSA) is 123 Å². The van der Waals surface area contributed by atoms with Crippen LogP contribution in [0.2, 0.25) is 0 Å². The van der Waals surface area contributed by atoms with Gasteiger partial charge in [0.15, 0.2) is 12.4 Å². The van der Waals surface area contributed by atoms with Crippen molar-refractivity contribution in [3.8, 4) is 0 Å². The summed E-state index contributed by atoms with van der Waals surface area (Å²) in [6.07, 6.45) is 4.88. The molecule has 0 radical (unpaired) electrons. The molecule has 4 fully saturated rings. The average Bonchev–Trinajstić information content (AvgIpc) is 2.64. The lowest BCUT2D eigenvalue weighted by molar-refractivity contribution is -0.197. The molecule has 8 heteroatoms. The molecule has 2 atom stereocenters. The molecule has 1 aromatic heterocycles. The number of para-hydroxylation sites is 1. The standard InChI is InChI=1S/C21H25N5O3/c22-18-24-16(25-19(26-18)23-15-4-2-1-3-5-15)11-29-17(27)20-7-13-6-14(8-20)10-21(28,9-13)12-20/h1-5,13-14,28H,6-12H2,(H3,22,23,24,25,26). The molecule has 0 saturated heterocycles. The monoisotopic (exact) mass is 395 g/mol. The minimum Gasteiger partial charge on any atom is -0.457 e. The fourth-order valence-electron chi connectivity index (χ4n) is 5.95. The highest BCUT2D eigenvalue weighted by molar-refractivity contribution is 5.77. The summed E-state index contributed by atoms with van der Waals surface area (Å²) in [5.41, 5.74) is 5.36. The van der Waals surface area contributed by atoms with Gasteiger partial charge in [-0.2, -0.15) is 15.0 Å². The van der Waals surface area contributed by atoms with Crippen molar-refractivity contribution in [3.63, 3.8) is 0 Å². The number of aliphatic hydroxyl groups is 1. The average molecular weight is 395 g/mol. The zero-order valence-electron chi connectivity index (χ0n) is 16.2. The highest BCUT2D eigenvalue weighted by atomic mass is 16.5. The van der Waals surface area contributed by atoms with E-state index in [2.05, 4.69) is 20.3 Å². The molecule has 0 amide bonds. The van der Waals surface area contributed by atoms with Crippen molar-refractivity contribution in [2.24, 2.45) is 17.3 Å². The summed E-state index contributed by atoms with van der Waals surface area (Å²) in [6, 6.07) is 9.48. The number of rotatable bonds is 5. The van der Waals surface area contributed by atoms with E-state index in [1.807, 2.05) is 30.3 Å². The van der Waals surface area contributed by atoms with Gasteiger partial charge in [0.05, 0.1) is 11.0 Å². The summed E-state index contributed by atoms with van der Waals surface area (Å²) < 4.78 is 5.63. The Morgan fingerprint density at radius 3 is 2.55 bits per heavy atom. The van der Waals surface area contributed by atoms with Gasteiger partial charge in [0.25, 0.3) is 0 Å². The molecule has 29 heavy (non-hydrogen) atoms. The Balaban J connectivity index is 1.28. The second-order valence-electron chi connectivity index (χ2n) is 8.97. The van der Waals surface area contributed by atoms with Crippen molar-refractivity contribution < 1.29 is 14.6 Å². The maximum atomic E-state index is 13.0. The molecule has 2 aromatic rings. The Bertz CT molecular complexity index is 921. The maximum absolute atomic E-state index is 13.0. The summed E-state index contributed by atoms with van der Waals surface area (Å²) >= 11 is 0. The third-order valence-electron chi connectivity index (χ3n) is 6.52. The fourth-order valence-corrected chi connectivity index (χ4v) is 5.95. The quantitative estimate of drug-likeness (QED) is 0.660. The first-order valence-corrected chi connectivity index (χ1v) is 10.1. The number of carbonyl (C=O) groups is 1. The first kappa shape index (κ1) is 18.3. The van der Waals surface area contributed by atoms with E-state index in [0.717, 1.165) is 37.8 Å². The van der Waals surface area contributed by atoms with Crippen LogP contribution in [0, 0.1) is 17.3 Å². The van der Waals surface area contributed by atoms with Gasteiger partial charge in [0.1, 0.15) is 0 Å². The third-order valence-corrected chi connectivity index (χ3v) is 6.52. The van der Waals surface area contributed by atoms with Gasteiger partial charge in [-0.25, -0.2) is 0 Å². The van der Waals surface area contributed by atoms with Gasteiger partial charge in [0.2, 0.25) is 11.9 Å². The van der Waals surface area contributed by atoms with Crippen LogP contribution in [0.3, 0.4) is 0 Å². The van der Waals surface area contributed by atoms with Gasteiger partial charge in [-0.05, 0) is 62.5 Å². The molecule has 4 N–H and O–H groups in total. The molecule has 0 aliphatic heterocycles. The lowest BCUT2D eigenvalue weighted by Gasteiger charge is -2.58. The highest BCUT2D eigenvalue weighted by Crippen LogP contribution is 2.62. The second-order valence-corrected chi connectivity index (χ2v) is 8.97. The van der Waals surface area contributed by atoms with Crippen molar-refractivity contribution in [3.05, 3.63) is 36.2 Å². The molecule has 0 spiro atoms. The van der Waals surface area contributed by atoms with Crippen LogP contribution in [0.15, 0.2) is 30.3 Å². The van der Waals surface area contributed by atoms with E-state index >= 15 is 0 Å². The van der Waals surface area contributed by atoms with Crippen molar-refractivity contribution in [2.45, 2.75) is 50.7 Å². The lowest BCUT2D eigenvalue weighted by Crippen LogP contribution is -2.58. The number of nitrogen functional groups attached to an aromatic ring is 1. The van der Waals surface area contributed by atoms with E-state index < -0.39 is 11.0 Å². The second kappa shape index (κ2) is 6.66. The largest absolute Gasteiger partial charge is 0.457 e. The number of nitrogens with one attached hydrogen (secondary N) is 1. The van der Waals surface area contributed by atoms with E-state index in [-0.39, 0.29) is 18.5 Å². The minimum absolute atomic E-state index is 0.0635.